The van der Waals surface area contributed by atoms with E-state index in [0.29, 0.717) is 12.8 Å². The summed E-state index contributed by atoms with van der Waals surface area (Å²) in [5.74, 6) is -0.447. The summed E-state index contributed by atoms with van der Waals surface area (Å²) < 4.78 is 0. The van der Waals surface area contributed by atoms with Crippen LogP contribution in [0.3, 0.4) is 0 Å². The quantitative estimate of drug-likeness (QED) is 0.807. The van der Waals surface area contributed by atoms with Gasteiger partial charge in [-0.05, 0) is 25.7 Å². The van der Waals surface area contributed by atoms with E-state index in [1.807, 2.05) is 20.8 Å². The molecule has 5 heteroatoms. The minimum atomic E-state index is -0.992. The lowest BCUT2D eigenvalue weighted by Gasteiger charge is -2.44. The van der Waals surface area contributed by atoms with E-state index in [2.05, 4.69) is 5.32 Å². The Morgan fingerprint density at radius 2 is 1.75 bits per heavy atom. The lowest BCUT2D eigenvalue weighted by molar-refractivity contribution is -0.155. The fourth-order valence-corrected chi connectivity index (χ4v) is 3.26. The summed E-state index contributed by atoms with van der Waals surface area (Å²) in [6.07, 6.45) is 4.82. The van der Waals surface area contributed by atoms with Crippen molar-refractivity contribution in [2.45, 2.75) is 65.3 Å². The van der Waals surface area contributed by atoms with Crippen LogP contribution in [-0.4, -0.2) is 28.8 Å². The Bertz CT molecular complexity index is 427. The number of nitrogens with zero attached hydrogens (tertiary/aromatic N) is 1. The number of imide groups is 2. The second-order valence-electron chi connectivity index (χ2n) is 6.20. The predicted octanol–water partition coefficient (Wildman–Crippen LogP) is 2.45. The summed E-state index contributed by atoms with van der Waals surface area (Å²) in [4.78, 5) is 38.4. The third kappa shape index (κ3) is 2.23. The third-order valence-electron chi connectivity index (χ3n) is 5.08. The van der Waals surface area contributed by atoms with Crippen molar-refractivity contribution < 1.29 is 14.4 Å². The highest BCUT2D eigenvalue weighted by Gasteiger charge is 2.55. The molecule has 20 heavy (non-hydrogen) atoms. The molecule has 1 saturated carbocycles. The van der Waals surface area contributed by atoms with Crippen LogP contribution in [0.5, 0.6) is 0 Å². The summed E-state index contributed by atoms with van der Waals surface area (Å²) in [5, 5.41) is 2.41. The largest absolute Gasteiger partial charge is 0.331 e. The average Bonchev–Trinajstić information content (AvgIpc) is 2.45. The molecule has 0 aromatic rings. The summed E-state index contributed by atoms with van der Waals surface area (Å²) in [6.45, 7) is 5.95. The molecule has 1 aliphatic carbocycles. The second kappa shape index (κ2) is 5.54. The van der Waals surface area contributed by atoms with Crippen LogP contribution >= 0.6 is 0 Å². The Morgan fingerprint density at radius 3 is 2.30 bits per heavy atom. The van der Waals surface area contributed by atoms with Crippen molar-refractivity contribution in [3.8, 4) is 0 Å². The number of amides is 4. The minimum absolute atomic E-state index is 0.181. The van der Waals surface area contributed by atoms with Gasteiger partial charge >= 0.3 is 6.03 Å². The molecule has 1 heterocycles. The molecule has 0 aromatic carbocycles. The fourth-order valence-electron chi connectivity index (χ4n) is 3.26. The highest BCUT2D eigenvalue weighted by molar-refractivity contribution is 6.19. The molecule has 2 atom stereocenters. The van der Waals surface area contributed by atoms with Crippen molar-refractivity contribution in [1.82, 2.24) is 10.2 Å². The number of carbonyl (C=O) groups is 3. The van der Waals surface area contributed by atoms with E-state index in [9.17, 15) is 14.4 Å². The molecule has 0 aromatic heterocycles. The maximum atomic E-state index is 12.8. The van der Waals surface area contributed by atoms with E-state index in [-0.39, 0.29) is 23.8 Å². The molecule has 2 rings (SSSR count). The molecular weight excluding hydrogens is 256 g/mol. The smallest absolute Gasteiger partial charge is 0.277 e. The van der Waals surface area contributed by atoms with Crippen molar-refractivity contribution in [1.29, 1.82) is 0 Å². The van der Waals surface area contributed by atoms with Gasteiger partial charge in [-0.25, -0.2) is 4.79 Å². The van der Waals surface area contributed by atoms with E-state index in [1.165, 1.54) is 4.90 Å². The van der Waals surface area contributed by atoms with Gasteiger partial charge in [0.2, 0.25) is 11.8 Å². The Morgan fingerprint density at radius 1 is 1.15 bits per heavy atom. The van der Waals surface area contributed by atoms with Crippen LogP contribution < -0.4 is 5.32 Å². The number of barbiturate groups is 1. The third-order valence-corrected chi connectivity index (χ3v) is 5.08. The molecule has 1 spiro atoms. The van der Waals surface area contributed by atoms with Crippen molar-refractivity contribution >= 4 is 17.8 Å². The molecule has 1 N–H and O–H groups in total. The Hall–Kier alpha value is -1.39. The number of rotatable bonds is 3. The maximum Gasteiger partial charge on any atom is 0.331 e. The van der Waals surface area contributed by atoms with Crippen LogP contribution in [0.25, 0.3) is 0 Å². The first kappa shape index (κ1) is 15.0. The highest BCUT2D eigenvalue weighted by Crippen LogP contribution is 2.41. The number of hydrogen-bond acceptors (Lipinski definition) is 3. The zero-order valence-electron chi connectivity index (χ0n) is 12.6. The van der Waals surface area contributed by atoms with Gasteiger partial charge in [-0.1, -0.05) is 39.5 Å². The fraction of sp³-hybridized carbons (Fsp3) is 0.800. The SMILES string of the molecule is CCC(C)C(C)N1C(=O)NC(=O)C2(CCCCC2)C1=O. The predicted molar refractivity (Wildman–Crippen MR) is 74.8 cm³/mol. The van der Waals surface area contributed by atoms with Crippen LogP contribution in [-0.2, 0) is 9.59 Å². The number of urea groups is 1. The number of carbonyl (C=O) groups excluding carboxylic acids is 3. The van der Waals surface area contributed by atoms with E-state index in [0.717, 1.165) is 25.7 Å². The van der Waals surface area contributed by atoms with Crippen LogP contribution in [0.1, 0.15) is 59.3 Å². The monoisotopic (exact) mass is 280 g/mol. The van der Waals surface area contributed by atoms with Gasteiger partial charge in [0.05, 0.1) is 0 Å². The van der Waals surface area contributed by atoms with Gasteiger partial charge in [0.25, 0.3) is 0 Å². The molecule has 2 aliphatic rings. The topological polar surface area (TPSA) is 66.5 Å². The van der Waals surface area contributed by atoms with Gasteiger partial charge in [-0.3, -0.25) is 19.8 Å². The van der Waals surface area contributed by atoms with Crippen molar-refractivity contribution in [3.05, 3.63) is 0 Å². The number of hydrogen-bond donors (Lipinski definition) is 1. The molecule has 1 aliphatic heterocycles. The lowest BCUT2D eigenvalue weighted by Crippen LogP contribution is -2.66. The van der Waals surface area contributed by atoms with Crippen LogP contribution in [0.4, 0.5) is 4.79 Å². The summed E-state index contributed by atoms with van der Waals surface area (Å²) in [6, 6.07) is -0.733. The van der Waals surface area contributed by atoms with Crippen molar-refractivity contribution in [2.75, 3.05) is 0 Å². The van der Waals surface area contributed by atoms with Gasteiger partial charge < -0.3 is 0 Å². The number of nitrogens with one attached hydrogen (secondary N) is 1. The Balaban J connectivity index is 2.31. The van der Waals surface area contributed by atoms with Crippen LogP contribution in [0.15, 0.2) is 0 Å². The summed E-state index contributed by atoms with van der Waals surface area (Å²) in [7, 11) is 0. The van der Waals surface area contributed by atoms with Gasteiger partial charge in [0.15, 0.2) is 0 Å². The molecule has 112 valence electrons. The Labute approximate surface area is 120 Å². The standard InChI is InChI=1S/C15H24N2O3/c1-4-10(2)11(3)17-13(19)15(8-6-5-7-9-15)12(18)16-14(17)20/h10-11H,4-9H2,1-3H3,(H,16,18,20). The first-order chi connectivity index (χ1) is 9.44. The molecule has 5 nitrogen and oxygen atoms in total. The van der Waals surface area contributed by atoms with Gasteiger partial charge in [-0.2, -0.15) is 0 Å². The van der Waals surface area contributed by atoms with E-state index < -0.39 is 11.4 Å². The first-order valence-electron chi connectivity index (χ1n) is 7.63. The summed E-state index contributed by atoms with van der Waals surface area (Å²) >= 11 is 0. The minimum Gasteiger partial charge on any atom is -0.277 e. The first-order valence-corrected chi connectivity index (χ1v) is 7.63. The zero-order valence-corrected chi connectivity index (χ0v) is 12.6. The maximum absolute atomic E-state index is 12.8. The molecule has 2 unspecified atom stereocenters. The zero-order chi connectivity index (χ0) is 14.9. The molecule has 2 fully saturated rings. The van der Waals surface area contributed by atoms with Gasteiger partial charge in [0.1, 0.15) is 5.41 Å². The van der Waals surface area contributed by atoms with E-state index in [4.69, 9.17) is 0 Å². The van der Waals surface area contributed by atoms with Crippen LogP contribution in [0, 0.1) is 11.3 Å². The van der Waals surface area contributed by atoms with Gasteiger partial charge in [-0.15, -0.1) is 0 Å². The van der Waals surface area contributed by atoms with Crippen LogP contribution in [0.2, 0.25) is 0 Å². The van der Waals surface area contributed by atoms with Gasteiger partial charge in [0, 0.05) is 6.04 Å². The molecule has 1 saturated heterocycles. The lowest BCUT2D eigenvalue weighted by atomic mass is 9.71. The summed E-state index contributed by atoms with van der Waals surface area (Å²) in [5.41, 5.74) is -0.992. The Kier molecular flexibility index (Phi) is 4.16. The molecule has 4 amide bonds. The van der Waals surface area contributed by atoms with E-state index >= 15 is 0 Å². The van der Waals surface area contributed by atoms with Crippen molar-refractivity contribution in [3.63, 3.8) is 0 Å². The highest BCUT2D eigenvalue weighted by atomic mass is 16.2. The second-order valence-corrected chi connectivity index (χ2v) is 6.20. The molecular formula is C15H24N2O3. The average molecular weight is 280 g/mol. The van der Waals surface area contributed by atoms with Crippen molar-refractivity contribution in [2.24, 2.45) is 11.3 Å². The normalized spacial score (nSPS) is 25.6. The molecule has 0 bridgehead atoms. The van der Waals surface area contributed by atoms with E-state index in [1.54, 1.807) is 0 Å². The molecule has 0 radical (unpaired) electrons.